The molecule has 1 saturated carbocycles. The maximum atomic E-state index is 13.8. The predicted molar refractivity (Wildman–Crippen MR) is 146 cm³/mol. The summed E-state index contributed by atoms with van der Waals surface area (Å²) < 4.78 is 27.7. The fourth-order valence-corrected chi connectivity index (χ4v) is 4.76. The monoisotopic (exact) mass is 466 g/mol. The van der Waals surface area contributed by atoms with E-state index in [1.807, 2.05) is 26.1 Å². The third kappa shape index (κ3) is 5.97. The molecule has 3 unspecified atom stereocenters. The van der Waals surface area contributed by atoms with Crippen LogP contribution < -0.4 is 0 Å². The molecular formula is C29H41BF2N2. The Balaban J connectivity index is 0.00000137. The second kappa shape index (κ2) is 11.3. The molecule has 2 fully saturated rings. The first-order valence-electron chi connectivity index (χ1n) is 11.7. The minimum Gasteiger partial charge on any atom is -0.371 e. The van der Waals surface area contributed by atoms with Crippen LogP contribution in [0.2, 0.25) is 5.31 Å². The van der Waals surface area contributed by atoms with Crippen LogP contribution in [-0.4, -0.2) is 44.5 Å². The Hall–Kier alpha value is -2.43. The van der Waals surface area contributed by atoms with Crippen LogP contribution in [-0.2, 0) is 6.42 Å². The number of nitrogens with zero attached hydrogens (tertiary/aromatic N) is 2. The Labute approximate surface area is 207 Å². The highest BCUT2D eigenvalue weighted by atomic mass is 19.3. The van der Waals surface area contributed by atoms with Gasteiger partial charge in [-0.3, -0.25) is 4.99 Å². The van der Waals surface area contributed by atoms with Crippen molar-refractivity contribution in [1.82, 2.24) is 4.90 Å². The molecule has 2 aliphatic rings. The van der Waals surface area contributed by atoms with E-state index in [-0.39, 0.29) is 10.7 Å². The smallest absolute Gasteiger partial charge is 0.248 e. The van der Waals surface area contributed by atoms with Crippen molar-refractivity contribution in [2.45, 2.75) is 58.7 Å². The number of fused-ring (bicyclic) bond motifs is 1. The number of halogens is 2. The number of allylic oxidation sites excluding steroid dienone is 2. The summed E-state index contributed by atoms with van der Waals surface area (Å²) in [7, 11) is 8.58. The minimum atomic E-state index is -2.72. The highest BCUT2D eigenvalue weighted by Gasteiger charge is 2.70. The number of rotatable bonds is 7. The lowest BCUT2D eigenvalue weighted by molar-refractivity contribution is -0.0320. The van der Waals surface area contributed by atoms with E-state index in [9.17, 15) is 8.78 Å². The Morgan fingerprint density at radius 2 is 1.82 bits per heavy atom. The van der Waals surface area contributed by atoms with Crippen molar-refractivity contribution in [1.29, 1.82) is 0 Å². The van der Waals surface area contributed by atoms with Gasteiger partial charge in [0, 0.05) is 48.4 Å². The first-order valence-corrected chi connectivity index (χ1v) is 11.7. The van der Waals surface area contributed by atoms with Gasteiger partial charge in [-0.1, -0.05) is 36.8 Å². The van der Waals surface area contributed by atoms with Crippen LogP contribution in [0.1, 0.15) is 50.8 Å². The average Bonchev–Trinajstić information content (AvgIpc) is 3.26. The van der Waals surface area contributed by atoms with Crippen molar-refractivity contribution in [3.8, 4) is 0 Å². The van der Waals surface area contributed by atoms with E-state index in [0.29, 0.717) is 13.0 Å². The van der Waals surface area contributed by atoms with Crippen LogP contribution in [0.3, 0.4) is 0 Å². The van der Waals surface area contributed by atoms with E-state index in [4.69, 9.17) is 7.85 Å². The number of hydrogen-bond donors (Lipinski definition) is 0. The number of aliphatic imine (C=N–C) groups is 1. The van der Waals surface area contributed by atoms with Gasteiger partial charge in [0.1, 0.15) is 0 Å². The molecule has 1 aliphatic carbocycles. The number of piperidine rings is 1. The number of benzene rings is 1. The molecule has 1 saturated heterocycles. The summed E-state index contributed by atoms with van der Waals surface area (Å²) in [5.74, 6) is -3.47. The van der Waals surface area contributed by atoms with Gasteiger partial charge in [0.2, 0.25) is 5.92 Å². The quantitative estimate of drug-likeness (QED) is 0.231. The van der Waals surface area contributed by atoms with Crippen molar-refractivity contribution < 1.29 is 8.78 Å². The van der Waals surface area contributed by atoms with E-state index in [2.05, 4.69) is 68.8 Å². The molecule has 2 radical (unpaired) electrons. The second-order valence-corrected chi connectivity index (χ2v) is 9.77. The van der Waals surface area contributed by atoms with Crippen LogP contribution in [0.5, 0.6) is 0 Å². The van der Waals surface area contributed by atoms with Gasteiger partial charge in [-0.2, -0.15) is 0 Å². The Morgan fingerprint density at radius 1 is 1.24 bits per heavy atom. The molecule has 1 aliphatic heterocycles. The van der Waals surface area contributed by atoms with E-state index in [1.54, 1.807) is 6.92 Å². The summed E-state index contributed by atoms with van der Waals surface area (Å²) in [5, 5.41) is -0.315. The van der Waals surface area contributed by atoms with Gasteiger partial charge in [0.05, 0.1) is 7.85 Å². The van der Waals surface area contributed by atoms with Crippen LogP contribution in [0.4, 0.5) is 8.78 Å². The summed E-state index contributed by atoms with van der Waals surface area (Å²) in [6, 6.07) is 6.00. The molecule has 1 aromatic carbocycles. The molecule has 0 spiro atoms. The van der Waals surface area contributed by atoms with Crippen molar-refractivity contribution in [3.63, 3.8) is 0 Å². The third-order valence-electron chi connectivity index (χ3n) is 6.89. The Kier molecular flexibility index (Phi) is 9.87. The van der Waals surface area contributed by atoms with Crippen LogP contribution >= 0.6 is 0 Å². The molecule has 3 rings (SSSR count). The van der Waals surface area contributed by atoms with Crippen LogP contribution in [0, 0.1) is 18.3 Å². The standard InChI is InChI=1S/C25H33BF2N2.2C2H4/c1-16(2)10-22(29-7)24-13-25(24,26)15-30(14-24)19(5)21-11-17(3)8-9-20(21)12-18(4)23(6,27)28;2*1-2/h8-11,18H,5,12-15H2,1-4,6-7H3;2*1-2H2. The normalized spacial score (nSPS) is 24.0. The van der Waals surface area contributed by atoms with Crippen molar-refractivity contribution >= 4 is 19.3 Å². The molecule has 5 heteroatoms. The van der Waals surface area contributed by atoms with Crippen molar-refractivity contribution in [3.05, 3.63) is 79.4 Å². The van der Waals surface area contributed by atoms with E-state index in [0.717, 1.165) is 48.0 Å². The van der Waals surface area contributed by atoms with Crippen LogP contribution in [0.15, 0.2) is 67.7 Å². The molecule has 184 valence electrons. The summed E-state index contributed by atoms with van der Waals surface area (Å²) in [4.78, 5) is 6.78. The van der Waals surface area contributed by atoms with E-state index >= 15 is 0 Å². The zero-order valence-corrected chi connectivity index (χ0v) is 22.0. The summed E-state index contributed by atoms with van der Waals surface area (Å²) in [6.45, 7) is 26.6. The number of hydrogen-bond acceptors (Lipinski definition) is 2. The van der Waals surface area contributed by atoms with Gasteiger partial charge in [-0.15, -0.1) is 26.3 Å². The number of alkyl halides is 2. The number of likely N-dealkylation sites (tertiary alicyclic amines) is 1. The molecule has 0 amide bonds. The van der Waals surface area contributed by atoms with Gasteiger partial charge in [0.25, 0.3) is 0 Å². The maximum Gasteiger partial charge on any atom is 0.248 e. The fraction of sp³-hybridized carbons (Fsp3) is 0.483. The highest BCUT2D eigenvalue weighted by molar-refractivity contribution is 6.25. The fourth-order valence-electron chi connectivity index (χ4n) is 4.76. The van der Waals surface area contributed by atoms with Gasteiger partial charge < -0.3 is 4.90 Å². The molecule has 0 N–H and O–H groups in total. The Morgan fingerprint density at radius 3 is 2.32 bits per heavy atom. The van der Waals surface area contributed by atoms with Gasteiger partial charge >= 0.3 is 0 Å². The van der Waals surface area contributed by atoms with Gasteiger partial charge in [-0.05, 0) is 63.6 Å². The summed E-state index contributed by atoms with van der Waals surface area (Å²) in [6.07, 6.45) is 3.36. The molecule has 3 atom stereocenters. The van der Waals surface area contributed by atoms with Gasteiger partial charge in [0.15, 0.2) is 0 Å². The topological polar surface area (TPSA) is 15.6 Å². The van der Waals surface area contributed by atoms with Crippen molar-refractivity contribution in [2.24, 2.45) is 16.3 Å². The first-order chi connectivity index (χ1) is 15.8. The SMILES string of the molecule is C=C.C=C.[B]C12CN(C(=C)c3cc(C)ccc3CC(C)C(C)(F)F)CC1(C(C=C(C)C)=NC)C2. The zero-order chi connectivity index (χ0) is 26.5. The minimum absolute atomic E-state index is 0.157. The predicted octanol–water partition coefficient (Wildman–Crippen LogP) is 7.47. The van der Waals surface area contributed by atoms with E-state index in [1.165, 1.54) is 5.57 Å². The summed E-state index contributed by atoms with van der Waals surface area (Å²) in [5.41, 5.74) is 5.90. The second-order valence-electron chi connectivity index (χ2n) is 9.77. The lowest BCUT2D eigenvalue weighted by Gasteiger charge is -2.28. The van der Waals surface area contributed by atoms with Gasteiger partial charge in [-0.25, -0.2) is 8.78 Å². The molecule has 34 heavy (non-hydrogen) atoms. The maximum absolute atomic E-state index is 13.8. The molecule has 1 heterocycles. The largest absolute Gasteiger partial charge is 0.371 e. The van der Waals surface area contributed by atoms with E-state index < -0.39 is 11.8 Å². The van der Waals surface area contributed by atoms with Crippen LogP contribution in [0.25, 0.3) is 5.70 Å². The molecule has 2 nitrogen and oxygen atoms in total. The molecule has 0 bridgehead atoms. The lowest BCUT2D eigenvalue weighted by Crippen LogP contribution is -2.28. The third-order valence-corrected chi connectivity index (χ3v) is 6.89. The number of aryl methyl sites for hydroxylation is 1. The highest BCUT2D eigenvalue weighted by Crippen LogP contribution is 2.73. The zero-order valence-electron chi connectivity index (χ0n) is 22.0. The first kappa shape index (κ1) is 29.6. The summed E-state index contributed by atoms with van der Waals surface area (Å²) >= 11 is 0. The molecule has 0 aromatic heterocycles. The van der Waals surface area contributed by atoms with Crippen molar-refractivity contribution in [2.75, 3.05) is 20.1 Å². The molecular weight excluding hydrogens is 425 g/mol. The average molecular weight is 466 g/mol. The lowest BCUT2D eigenvalue weighted by atomic mass is 9.76. The Bertz CT molecular complexity index is 940. The molecule has 1 aromatic rings.